The Morgan fingerprint density at radius 3 is 1.16 bits per heavy atom. The number of hydrogen-bond acceptors (Lipinski definition) is 5. The largest absolute Gasteiger partial charge is 0.341 e. The Labute approximate surface area is 267 Å². The Balaban J connectivity index is 1.52. The summed E-state index contributed by atoms with van der Waals surface area (Å²) < 4.78 is 29.1. The van der Waals surface area contributed by atoms with Crippen molar-refractivity contribution in [3.05, 3.63) is 179 Å². The van der Waals surface area contributed by atoms with E-state index in [0.29, 0.717) is 0 Å². The zero-order valence-electron chi connectivity index (χ0n) is 25.7. The fourth-order valence-electron chi connectivity index (χ4n) is 6.71. The number of nitrogens with one attached hydrogen (secondary N) is 1. The predicted molar refractivity (Wildman–Crippen MR) is 178 cm³/mol. The summed E-state index contributed by atoms with van der Waals surface area (Å²) in [6.07, 6.45) is -1.20. The summed E-state index contributed by atoms with van der Waals surface area (Å²) in [4.78, 5) is 0. The maximum atomic E-state index is 7.50. The van der Waals surface area contributed by atoms with Crippen LogP contribution in [0, 0.1) is 0 Å². The molecule has 5 aromatic carbocycles. The first-order chi connectivity index (χ1) is 21.9. The highest BCUT2D eigenvalue weighted by Crippen LogP contribution is 2.63. The third kappa shape index (κ3) is 5.44. The molecule has 6 heteroatoms. The molecule has 0 unspecified atom stereocenters. The van der Waals surface area contributed by atoms with E-state index in [4.69, 9.17) is 18.5 Å². The highest BCUT2D eigenvalue weighted by atomic mass is 31.2. The van der Waals surface area contributed by atoms with Crippen LogP contribution < -0.4 is 5.09 Å². The lowest BCUT2D eigenvalue weighted by Gasteiger charge is -2.41. The van der Waals surface area contributed by atoms with Gasteiger partial charge in [0, 0.05) is 6.04 Å². The molecule has 2 aliphatic heterocycles. The minimum atomic E-state index is -1.80. The van der Waals surface area contributed by atoms with Crippen molar-refractivity contribution in [1.29, 1.82) is 0 Å². The molecule has 2 saturated heterocycles. The molecule has 7 rings (SSSR count). The lowest BCUT2D eigenvalue weighted by molar-refractivity contribution is -0.174. The van der Waals surface area contributed by atoms with Crippen molar-refractivity contribution in [2.75, 3.05) is 0 Å². The van der Waals surface area contributed by atoms with E-state index in [9.17, 15) is 0 Å². The molecule has 5 nitrogen and oxygen atoms in total. The Bertz CT molecular complexity index is 1500. The van der Waals surface area contributed by atoms with Gasteiger partial charge in [-0.15, -0.1) is 0 Å². The zero-order valence-corrected chi connectivity index (χ0v) is 26.6. The Kier molecular flexibility index (Phi) is 8.18. The third-order valence-corrected chi connectivity index (χ3v) is 10.3. The summed E-state index contributed by atoms with van der Waals surface area (Å²) >= 11 is 0. The van der Waals surface area contributed by atoms with Crippen molar-refractivity contribution in [2.45, 2.75) is 56.0 Å². The quantitative estimate of drug-likeness (QED) is 0.185. The van der Waals surface area contributed by atoms with Crippen molar-refractivity contribution >= 4 is 8.53 Å². The van der Waals surface area contributed by atoms with E-state index >= 15 is 0 Å². The van der Waals surface area contributed by atoms with Crippen LogP contribution in [0.5, 0.6) is 0 Å². The molecule has 0 amide bonds. The van der Waals surface area contributed by atoms with Gasteiger partial charge < -0.3 is 18.5 Å². The van der Waals surface area contributed by atoms with Gasteiger partial charge >= 0.3 is 0 Å². The van der Waals surface area contributed by atoms with Gasteiger partial charge in [0.05, 0.1) is 0 Å². The highest BCUT2D eigenvalue weighted by molar-refractivity contribution is 7.45. The predicted octanol–water partition coefficient (Wildman–Crippen LogP) is 9.02. The van der Waals surface area contributed by atoms with Gasteiger partial charge in [0.1, 0.15) is 12.2 Å². The van der Waals surface area contributed by atoms with Gasteiger partial charge in [0.25, 0.3) is 8.53 Å². The first kappa shape index (κ1) is 30.0. The SMILES string of the molecule is C[C@H](NP1OC(c2ccccc2)(c2ccccc2)[C@@H]2OC(C)(C)O[C@H]2C(c2ccccc2)(c2ccccc2)O1)c1ccccc1. The topological polar surface area (TPSA) is 49.0 Å². The first-order valence-corrected chi connectivity index (χ1v) is 16.7. The van der Waals surface area contributed by atoms with Crippen molar-refractivity contribution < 1.29 is 18.5 Å². The summed E-state index contributed by atoms with van der Waals surface area (Å²) in [5.41, 5.74) is 2.84. The summed E-state index contributed by atoms with van der Waals surface area (Å²) in [7, 11) is -1.80. The standard InChI is InChI=1S/C39H38NO4P/c1-29(30-19-9-4-10-20-30)40-45-43-38(31-21-11-5-12-22-31,32-23-13-6-14-24-32)35-36(42-37(2,3)41-35)39(44-45,33-25-15-7-16-26-33)34-27-17-8-18-28-34/h4-29,35-36,40H,1-3H3/t29-,35+,36+/m0/s1. The number of rotatable bonds is 7. The summed E-state index contributed by atoms with van der Waals surface area (Å²) in [5.74, 6) is -0.920. The second-order valence-electron chi connectivity index (χ2n) is 12.1. The van der Waals surface area contributed by atoms with Crippen molar-refractivity contribution in [2.24, 2.45) is 0 Å². The first-order valence-electron chi connectivity index (χ1n) is 15.5. The number of benzene rings is 5. The molecule has 45 heavy (non-hydrogen) atoms. The second kappa shape index (κ2) is 12.3. The van der Waals surface area contributed by atoms with Gasteiger partial charge in [0.2, 0.25) is 0 Å². The monoisotopic (exact) mass is 615 g/mol. The van der Waals surface area contributed by atoms with Crippen LogP contribution in [0.25, 0.3) is 0 Å². The van der Waals surface area contributed by atoms with Crippen LogP contribution in [0.1, 0.15) is 54.6 Å². The Morgan fingerprint density at radius 1 is 0.511 bits per heavy atom. The summed E-state index contributed by atoms with van der Waals surface area (Å²) in [5, 5.41) is 3.78. The van der Waals surface area contributed by atoms with E-state index in [1.165, 1.54) is 0 Å². The molecule has 3 atom stereocenters. The second-order valence-corrected chi connectivity index (χ2v) is 13.3. The number of hydrogen-bond donors (Lipinski definition) is 1. The van der Waals surface area contributed by atoms with Crippen LogP contribution in [0.3, 0.4) is 0 Å². The van der Waals surface area contributed by atoms with Crippen LogP contribution in [0.2, 0.25) is 0 Å². The van der Waals surface area contributed by atoms with Crippen LogP contribution in [-0.2, 0) is 29.7 Å². The molecule has 1 N–H and O–H groups in total. The molecule has 0 radical (unpaired) electrons. The van der Waals surface area contributed by atoms with Crippen LogP contribution >= 0.6 is 8.53 Å². The average molecular weight is 616 g/mol. The fraction of sp³-hybridized carbons (Fsp3) is 0.231. The fourth-order valence-corrected chi connectivity index (χ4v) is 8.47. The molecule has 2 heterocycles. The zero-order chi connectivity index (χ0) is 30.9. The molecule has 0 bridgehead atoms. The van der Waals surface area contributed by atoms with E-state index in [2.05, 4.69) is 133 Å². The smallest absolute Gasteiger partial charge is 0.259 e. The lowest BCUT2D eigenvalue weighted by atomic mass is 9.72. The van der Waals surface area contributed by atoms with Crippen molar-refractivity contribution in [3.8, 4) is 0 Å². The van der Waals surface area contributed by atoms with Gasteiger partial charge in [-0.1, -0.05) is 152 Å². The molecule has 228 valence electrons. The van der Waals surface area contributed by atoms with Crippen LogP contribution in [0.15, 0.2) is 152 Å². The molecule has 2 aliphatic rings. The van der Waals surface area contributed by atoms with Crippen LogP contribution in [0.4, 0.5) is 0 Å². The summed E-state index contributed by atoms with van der Waals surface area (Å²) in [6.45, 7) is 6.09. The highest BCUT2D eigenvalue weighted by Gasteiger charge is 2.67. The van der Waals surface area contributed by atoms with Crippen molar-refractivity contribution in [1.82, 2.24) is 5.09 Å². The maximum absolute atomic E-state index is 7.50. The molecule has 0 aromatic heterocycles. The lowest BCUT2D eigenvalue weighted by Crippen LogP contribution is -2.53. The van der Waals surface area contributed by atoms with E-state index in [-0.39, 0.29) is 6.04 Å². The van der Waals surface area contributed by atoms with Gasteiger partial charge in [-0.2, -0.15) is 0 Å². The maximum Gasteiger partial charge on any atom is 0.259 e. The molecule has 2 fully saturated rings. The molecular formula is C39H38NO4P. The molecule has 0 aliphatic carbocycles. The molecule has 5 aromatic rings. The molecular weight excluding hydrogens is 577 g/mol. The molecule has 0 saturated carbocycles. The normalized spacial score (nSPS) is 22.6. The third-order valence-electron chi connectivity index (χ3n) is 8.76. The van der Waals surface area contributed by atoms with Crippen molar-refractivity contribution in [3.63, 3.8) is 0 Å². The van der Waals surface area contributed by atoms with Gasteiger partial charge in [-0.05, 0) is 48.6 Å². The minimum absolute atomic E-state index is 0.0676. The van der Waals surface area contributed by atoms with E-state index in [1.54, 1.807) is 0 Å². The van der Waals surface area contributed by atoms with E-state index in [1.807, 2.05) is 44.2 Å². The average Bonchev–Trinajstić information content (AvgIpc) is 3.38. The van der Waals surface area contributed by atoms with Gasteiger partial charge in [0.15, 0.2) is 17.0 Å². The number of ether oxygens (including phenoxy) is 2. The Hall–Kier alpha value is -3.67. The van der Waals surface area contributed by atoms with Crippen LogP contribution in [-0.4, -0.2) is 18.0 Å². The summed E-state index contributed by atoms with van der Waals surface area (Å²) in [6, 6.07) is 51.8. The molecule has 0 spiro atoms. The number of fused-ring (bicyclic) bond motifs is 1. The van der Waals surface area contributed by atoms with Gasteiger partial charge in [-0.3, -0.25) is 0 Å². The Morgan fingerprint density at radius 2 is 0.822 bits per heavy atom. The minimum Gasteiger partial charge on any atom is -0.341 e. The van der Waals surface area contributed by atoms with E-state index < -0.39 is 37.7 Å². The van der Waals surface area contributed by atoms with Gasteiger partial charge in [-0.25, -0.2) is 5.09 Å². The van der Waals surface area contributed by atoms with E-state index in [0.717, 1.165) is 27.8 Å².